The van der Waals surface area contributed by atoms with Gasteiger partial charge in [-0.05, 0) is 37.6 Å². The number of carbonyl (C=O) groups excluding carboxylic acids is 1. The zero-order valence-electron chi connectivity index (χ0n) is 13.1. The van der Waals surface area contributed by atoms with Crippen LogP contribution in [0, 0.1) is 12.7 Å². The molecule has 2 rings (SSSR count). The lowest BCUT2D eigenvalue weighted by atomic mass is 10.2. The molecular weight excluding hydrogens is 299 g/mol. The molecule has 0 bridgehead atoms. The fourth-order valence-electron chi connectivity index (χ4n) is 1.95. The maximum absolute atomic E-state index is 13.7. The summed E-state index contributed by atoms with van der Waals surface area (Å²) in [6.07, 6.45) is 1.64. The second-order valence-corrected chi connectivity index (χ2v) is 4.83. The average Bonchev–Trinajstić information content (AvgIpc) is 2.53. The summed E-state index contributed by atoms with van der Waals surface area (Å²) in [5.74, 6) is 0.414. The van der Waals surface area contributed by atoms with Crippen LogP contribution in [-0.4, -0.2) is 22.6 Å². The van der Waals surface area contributed by atoms with Crippen molar-refractivity contribution in [3.05, 3.63) is 53.4 Å². The number of carbonyl (C=O) groups is 1. The van der Waals surface area contributed by atoms with E-state index < -0.39 is 5.82 Å². The number of ether oxygens (including phenoxy) is 1. The molecular formula is C16H19FN4O2. The maximum Gasteiger partial charge on any atom is 0.315 e. The average molecular weight is 318 g/mol. The number of rotatable bonds is 6. The van der Waals surface area contributed by atoms with E-state index in [1.807, 2.05) is 0 Å². The van der Waals surface area contributed by atoms with Crippen molar-refractivity contribution in [3.8, 4) is 5.75 Å². The number of urea groups is 1. The zero-order chi connectivity index (χ0) is 16.7. The Bertz CT molecular complexity index is 679. The van der Waals surface area contributed by atoms with E-state index in [0.717, 1.165) is 5.69 Å². The number of hydrogen-bond donors (Lipinski definition) is 2. The van der Waals surface area contributed by atoms with E-state index >= 15 is 0 Å². The van der Waals surface area contributed by atoms with Gasteiger partial charge < -0.3 is 15.4 Å². The van der Waals surface area contributed by atoms with Crippen molar-refractivity contribution in [2.24, 2.45) is 0 Å². The highest BCUT2D eigenvalue weighted by atomic mass is 19.1. The van der Waals surface area contributed by atoms with Gasteiger partial charge in [0.1, 0.15) is 5.82 Å². The summed E-state index contributed by atoms with van der Waals surface area (Å²) in [7, 11) is 0. The van der Waals surface area contributed by atoms with Gasteiger partial charge in [0, 0.05) is 12.7 Å². The predicted octanol–water partition coefficient (Wildman–Crippen LogP) is 2.32. The van der Waals surface area contributed by atoms with Crippen molar-refractivity contribution in [2.45, 2.75) is 26.9 Å². The second-order valence-electron chi connectivity index (χ2n) is 4.83. The lowest BCUT2D eigenvalue weighted by molar-refractivity contribution is 0.240. The van der Waals surface area contributed by atoms with Crippen LogP contribution < -0.4 is 15.4 Å². The summed E-state index contributed by atoms with van der Waals surface area (Å²) in [5.41, 5.74) is 1.37. The molecule has 0 aliphatic carbocycles. The molecule has 1 heterocycles. The van der Waals surface area contributed by atoms with Crippen LogP contribution in [0.3, 0.4) is 0 Å². The third kappa shape index (κ3) is 5.21. The first-order chi connectivity index (χ1) is 11.1. The van der Waals surface area contributed by atoms with Crippen molar-refractivity contribution in [1.29, 1.82) is 0 Å². The molecule has 2 aromatic rings. The molecule has 0 aliphatic rings. The molecule has 1 aromatic heterocycles. The van der Waals surface area contributed by atoms with Gasteiger partial charge in [-0.2, -0.15) is 0 Å². The van der Waals surface area contributed by atoms with Crippen LogP contribution in [0.2, 0.25) is 0 Å². The van der Waals surface area contributed by atoms with Crippen molar-refractivity contribution in [1.82, 2.24) is 20.6 Å². The van der Waals surface area contributed by atoms with Crippen LogP contribution in [0.4, 0.5) is 9.18 Å². The normalized spacial score (nSPS) is 10.2. The van der Waals surface area contributed by atoms with Crippen molar-refractivity contribution < 1.29 is 13.9 Å². The SMILES string of the molecule is CCOc1ccc(CNC(=O)NCc2ccnc(C)n2)cc1F. The van der Waals surface area contributed by atoms with Gasteiger partial charge in [0.15, 0.2) is 11.6 Å². The summed E-state index contributed by atoms with van der Waals surface area (Å²) >= 11 is 0. The van der Waals surface area contributed by atoms with E-state index in [1.165, 1.54) is 6.07 Å². The third-order valence-electron chi connectivity index (χ3n) is 3.01. The van der Waals surface area contributed by atoms with Crippen LogP contribution >= 0.6 is 0 Å². The molecule has 23 heavy (non-hydrogen) atoms. The van der Waals surface area contributed by atoms with E-state index in [9.17, 15) is 9.18 Å². The topological polar surface area (TPSA) is 76.1 Å². The maximum atomic E-state index is 13.7. The highest BCUT2D eigenvalue weighted by molar-refractivity contribution is 5.73. The summed E-state index contributed by atoms with van der Waals surface area (Å²) < 4.78 is 18.8. The first-order valence-corrected chi connectivity index (χ1v) is 7.30. The quantitative estimate of drug-likeness (QED) is 0.857. The summed E-state index contributed by atoms with van der Waals surface area (Å²) in [6, 6.07) is 5.99. The molecule has 0 fully saturated rings. The lowest BCUT2D eigenvalue weighted by Gasteiger charge is -2.09. The second kappa shape index (κ2) is 8.07. The monoisotopic (exact) mass is 318 g/mol. The standard InChI is InChI=1S/C16H19FN4O2/c1-3-23-15-5-4-12(8-14(15)17)9-19-16(22)20-10-13-6-7-18-11(2)21-13/h4-8H,3,9-10H2,1-2H3,(H2,19,20,22). The number of aryl methyl sites for hydroxylation is 1. The molecule has 2 N–H and O–H groups in total. The first-order valence-electron chi connectivity index (χ1n) is 7.30. The molecule has 0 saturated carbocycles. The molecule has 0 radical (unpaired) electrons. The number of hydrogen-bond acceptors (Lipinski definition) is 4. The molecule has 2 amide bonds. The van der Waals surface area contributed by atoms with Crippen LogP contribution in [0.1, 0.15) is 24.0 Å². The van der Waals surface area contributed by atoms with Crippen molar-refractivity contribution in [2.75, 3.05) is 6.61 Å². The van der Waals surface area contributed by atoms with Gasteiger partial charge in [-0.15, -0.1) is 0 Å². The van der Waals surface area contributed by atoms with E-state index in [2.05, 4.69) is 20.6 Å². The molecule has 0 aliphatic heterocycles. The van der Waals surface area contributed by atoms with Gasteiger partial charge in [0.25, 0.3) is 0 Å². The van der Waals surface area contributed by atoms with E-state index in [4.69, 9.17) is 4.74 Å². The van der Waals surface area contributed by atoms with Gasteiger partial charge in [-0.1, -0.05) is 6.07 Å². The minimum absolute atomic E-state index is 0.208. The van der Waals surface area contributed by atoms with Crippen LogP contribution in [0.25, 0.3) is 0 Å². The Morgan fingerprint density at radius 3 is 2.74 bits per heavy atom. The van der Waals surface area contributed by atoms with Crippen molar-refractivity contribution in [3.63, 3.8) is 0 Å². The van der Waals surface area contributed by atoms with E-state index in [1.54, 1.807) is 38.2 Å². The highest BCUT2D eigenvalue weighted by Gasteiger charge is 2.06. The van der Waals surface area contributed by atoms with E-state index in [0.29, 0.717) is 24.5 Å². The Balaban J connectivity index is 1.81. The largest absolute Gasteiger partial charge is 0.491 e. The third-order valence-corrected chi connectivity index (χ3v) is 3.01. The number of nitrogens with zero attached hydrogens (tertiary/aromatic N) is 2. The Morgan fingerprint density at radius 1 is 1.26 bits per heavy atom. The fourth-order valence-corrected chi connectivity index (χ4v) is 1.95. The fraction of sp³-hybridized carbons (Fsp3) is 0.312. The molecule has 0 saturated heterocycles. The van der Waals surface area contributed by atoms with Gasteiger partial charge in [0.2, 0.25) is 0 Å². The zero-order valence-corrected chi connectivity index (χ0v) is 13.1. The predicted molar refractivity (Wildman–Crippen MR) is 83.4 cm³/mol. The van der Waals surface area contributed by atoms with Gasteiger partial charge >= 0.3 is 6.03 Å². The molecule has 122 valence electrons. The summed E-state index contributed by atoms with van der Waals surface area (Å²) in [6.45, 7) is 4.49. The summed E-state index contributed by atoms with van der Waals surface area (Å²) in [5, 5.41) is 5.35. The van der Waals surface area contributed by atoms with Crippen LogP contribution in [0.15, 0.2) is 30.5 Å². The molecule has 0 atom stereocenters. The molecule has 0 spiro atoms. The molecule has 6 nitrogen and oxygen atoms in total. The molecule has 1 aromatic carbocycles. The van der Waals surface area contributed by atoms with Crippen LogP contribution in [-0.2, 0) is 13.1 Å². The number of amides is 2. The highest BCUT2D eigenvalue weighted by Crippen LogP contribution is 2.18. The Labute approximate surface area is 134 Å². The van der Waals surface area contributed by atoms with Crippen LogP contribution in [0.5, 0.6) is 5.75 Å². The Morgan fingerprint density at radius 2 is 2.04 bits per heavy atom. The van der Waals surface area contributed by atoms with Gasteiger partial charge in [0.05, 0.1) is 18.8 Å². The first kappa shape index (κ1) is 16.7. The van der Waals surface area contributed by atoms with Crippen molar-refractivity contribution >= 4 is 6.03 Å². The number of nitrogens with one attached hydrogen (secondary N) is 2. The molecule has 0 unspecified atom stereocenters. The lowest BCUT2D eigenvalue weighted by Crippen LogP contribution is -2.34. The Hall–Kier alpha value is -2.70. The molecule has 7 heteroatoms. The number of benzene rings is 1. The van der Waals surface area contributed by atoms with Gasteiger partial charge in [-0.3, -0.25) is 0 Å². The minimum atomic E-state index is -0.442. The minimum Gasteiger partial charge on any atom is -0.491 e. The number of aromatic nitrogens is 2. The Kier molecular flexibility index (Phi) is 5.85. The number of halogens is 1. The van der Waals surface area contributed by atoms with E-state index in [-0.39, 0.29) is 18.3 Å². The smallest absolute Gasteiger partial charge is 0.315 e. The van der Waals surface area contributed by atoms with Gasteiger partial charge in [-0.25, -0.2) is 19.2 Å². The summed E-state index contributed by atoms with van der Waals surface area (Å²) in [4.78, 5) is 19.9.